The van der Waals surface area contributed by atoms with E-state index in [2.05, 4.69) is 4.90 Å². The minimum Gasteiger partial charge on any atom is -0.497 e. The van der Waals surface area contributed by atoms with Crippen LogP contribution in [0, 0.1) is 0 Å². The van der Waals surface area contributed by atoms with Crippen molar-refractivity contribution in [2.24, 2.45) is 0 Å². The van der Waals surface area contributed by atoms with Crippen molar-refractivity contribution < 1.29 is 14.6 Å². The fourth-order valence-electron chi connectivity index (χ4n) is 2.46. The molecule has 1 aromatic rings. The Morgan fingerprint density at radius 2 is 2.37 bits per heavy atom. The Morgan fingerprint density at radius 1 is 1.53 bits per heavy atom. The van der Waals surface area contributed by atoms with Crippen LogP contribution >= 0.6 is 0 Å². The van der Waals surface area contributed by atoms with E-state index in [1.54, 1.807) is 7.11 Å². The molecule has 1 saturated heterocycles. The largest absolute Gasteiger partial charge is 0.497 e. The maximum Gasteiger partial charge on any atom is 0.119 e. The lowest BCUT2D eigenvalue weighted by molar-refractivity contribution is 0.0601. The first-order chi connectivity index (χ1) is 9.19. The Kier molecular flexibility index (Phi) is 5.19. The van der Waals surface area contributed by atoms with Gasteiger partial charge in [0.15, 0.2) is 0 Å². The lowest BCUT2D eigenvalue weighted by Gasteiger charge is -2.23. The van der Waals surface area contributed by atoms with Gasteiger partial charge in [-0.25, -0.2) is 0 Å². The molecule has 106 valence electrons. The molecule has 2 atom stereocenters. The molecule has 4 nitrogen and oxygen atoms in total. The molecule has 0 amide bonds. The van der Waals surface area contributed by atoms with Crippen molar-refractivity contribution in [2.75, 3.05) is 33.9 Å². The zero-order valence-electron chi connectivity index (χ0n) is 11.7. The van der Waals surface area contributed by atoms with E-state index in [-0.39, 0.29) is 0 Å². The van der Waals surface area contributed by atoms with E-state index in [1.807, 2.05) is 31.3 Å². The molecule has 1 fully saturated rings. The van der Waals surface area contributed by atoms with Gasteiger partial charge >= 0.3 is 0 Å². The van der Waals surface area contributed by atoms with Gasteiger partial charge in [-0.15, -0.1) is 0 Å². The standard InChI is InChI=1S/C15H23NO3/c1-16(10-14-7-4-8-19-14)11-15(17)12-5-3-6-13(9-12)18-2/h3,5-6,9,14-15,17H,4,7-8,10-11H2,1-2H3. The molecule has 1 aromatic carbocycles. The zero-order valence-corrected chi connectivity index (χ0v) is 11.7. The molecule has 4 heteroatoms. The highest BCUT2D eigenvalue weighted by Crippen LogP contribution is 2.20. The molecule has 1 aliphatic heterocycles. The smallest absolute Gasteiger partial charge is 0.119 e. The van der Waals surface area contributed by atoms with Gasteiger partial charge in [0.1, 0.15) is 5.75 Å². The van der Waals surface area contributed by atoms with Crippen molar-refractivity contribution in [1.82, 2.24) is 4.90 Å². The third-order valence-electron chi connectivity index (χ3n) is 3.50. The minimum atomic E-state index is -0.499. The maximum absolute atomic E-state index is 10.2. The number of benzene rings is 1. The summed E-state index contributed by atoms with van der Waals surface area (Å²) in [6.45, 7) is 2.35. The van der Waals surface area contributed by atoms with Crippen LogP contribution in [0.25, 0.3) is 0 Å². The Balaban J connectivity index is 1.86. The second kappa shape index (κ2) is 6.89. The van der Waals surface area contributed by atoms with Gasteiger partial charge in [-0.2, -0.15) is 0 Å². The minimum absolute atomic E-state index is 0.322. The highest BCUT2D eigenvalue weighted by molar-refractivity contribution is 5.29. The molecular weight excluding hydrogens is 242 g/mol. The molecule has 2 unspecified atom stereocenters. The third kappa shape index (κ3) is 4.20. The molecule has 0 aromatic heterocycles. The van der Waals surface area contributed by atoms with Crippen LogP contribution in [0.4, 0.5) is 0 Å². The number of rotatable bonds is 6. The van der Waals surface area contributed by atoms with E-state index in [0.29, 0.717) is 12.6 Å². The number of nitrogens with zero attached hydrogens (tertiary/aromatic N) is 1. The van der Waals surface area contributed by atoms with Crippen molar-refractivity contribution in [1.29, 1.82) is 0 Å². The van der Waals surface area contributed by atoms with Gasteiger partial charge in [0.2, 0.25) is 0 Å². The second-order valence-corrected chi connectivity index (χ2v) is 5.15. The monoisotopic (exact) mass is 265 g/mol. The van der Waals surface area contributed by atoms with Gasteiger partial charge in [0.05, 0.1) is 19.3 Å². The van der Waals surface area contributed by atoms with Crippen molar-refractivity contribution in [3.8, 4) is 5.75 Å². The Labute approximate surface area is 114 Å². The van der Waals surface area contributed by atoms with Crippen LogP contribution in [-0.2, 0) is 4.74 Å². The fraction of sp³-hybridized carbons (Fsp3) is 0.600. The van der Waals surface area contributed by atoms with Crippen LogP contribution in [-0.4, -0.2) is 50.0 Å². The molecule has 0 aliphatic carbocycles. The molecule has 2 rings (SSSR count). The van der Waals surface area contributed by atoms with Gasteiger partial charge < -0.3 is 19.5 Å². The summed E-state index contributed by atoms with van der Waals surface area (Å²) in [5, 5.41) is 10.2. The highest BCUT2D eigenvalue weighted by Gasteiger charge is 2.19. The summed E-state index contributed by atoms with van der Waals surface area (Å²) in [5.74, 6) is 0.776. The number of hydrogen-bond donors (Lipinski definition) is 1. The van der Waals surface area contributed by atoms with Crippen LogP contribution in [0.3, 0.4) is 0 Å². The molecule has 1 aliphatic rings. The van der Waals surface area contributed by atoms with E-state index in [4.69, 9.17) is 9.47 Å². The molecular formula is C15H23NO3. The predicted molar refractivity (Wildman–Crippen MR) is 74.4 cm³/mol. The van der Waals surface area contributed by atoms with Crippen molar-refractivity contribution >= 4 is 0 Å². The average molecular weight is 265 g/mol. The quantitative estimate of drug-likeness (QED) is 0.852. The van der Waals surface area contributed by atoms with E-state index >= 15 is 0 Å². The summed E-state index contributed by atoms with van der Waals surface area (Å²) in [7, 11) is 3.65. The molecule has 1 heterocycles. The number of aliphatic hydroxyl groups excluding tert-OH is 1. The molecule has 0 saturated carbocycles. The van der Waals surface area contributed by atoms with Gasteiger partial charge in [0.25, 0.3) is 0 Å². The predicted octanol–water partition coefficient (Wildman–Crippen LogP) is 1.84. The molecule has 1 N–H and O–H groups in total. The normalized spacial score (nSPS) is 20.7. The Bertz CT molecular complexity index is 391. The number of aliphatic hydroxyl groups is 1. The summed E-state index contributed by atoms with van der Waals surface area (Å²) in [6, 6.07) is 7.58. The van der Waals surface area contributed by atoms with E-state index in [1.165, 1.54) is 0 Å². The molecule has 0 radical (unpaired) electrons. The Morgan fingerprint density at radius 3 is 3.05 bits per heavy atom. The summed E-state index contributed by atoms with van der Waals surface area (Å²) in [4.78, 5) is 2.13. The van der Waals surface area contributed by atoms with E-state index in [0.717, 1.165) is 37.3 Å². The van der Waals surface area contributed by atoms with Crippen molar-refractivity contribution in [3.05, 3.63) is 29.8 Å². The number of likely N-dealkylation sites (N-methyl/N-ethyl adjacent to an activating group) is 1. The van der Waals surface area contributed by atoms with Gasteiger partial charge in [-0.05, 0) is 37.6 Å². The first-order valence-electron chi connectivity index (χ1n) is 6.81. The summed E-state index contributed by atoms with van der Waals surface area (Å²) in [6.07, 6.45) is 2.10. The summed E-state index contributed by atoms with van der Waals surface area (Å²) in [5.41, 5.74) is 0.888. The van der Waals surface area contributed by atoms with Crippen LogP contribution in [0.1, 0.15) is 24.5 Å². The highest BCUT2D eigenvalue weighted by atomic mass is 16.5. The van der Waals surface area contributed by atoms with Crippen LogP contribution < -0.4 is 4.74 Å². The fourth-order valence-corrected chi connectivity index (χ4v) is 2.46. The van der Waals surface area contributed by atoms with Crippen LogP contribution in [0.15, 0.2) is 24.3 Å². The first-order valence-corrected chi connectivity index (χ1v) is 6.81. The van der Waals surface area contributed by atoms with Gasteiger partial charge in [-0.3, -0.25) is 0 Å². The lowest BCUT2D eigenvalue weighted by atomic mass is 10.1. The number of ether oxygens (including phenoxy) is 2. The zero-order chi connectivity index (χ0) is 13.7. The second-order valence-electron chi connectivity index (χ2n) is 5.15. The average Bonchev–Trinajstić information content (AvgIpc) is 2.91. The van der Waals surface area contributed by atoms with E-state index in [9.17, 15) is 5.11 Å². The van der Waals surface area contributed by atoms with Crippen molar-refractivity contribution in [2.45, 2.75) is 25.0 Å². The van der Waals surface area contributed by atoms with Crippen LogP contribution in [0.5, 0.6) is 5.75 Å². The number of methoxy groups -OCH3 is 1. The van der Waals surface area contributed by atoms with E-state index < -0.39 is 6.10 Å². The summed E-state index contributed by atoms with van der Waals surface area (Å²) >= 11 is 0. The Hall–Kier alpha value is -1.10. The topological polar surface area (TPSA) is 41.9 Å². The van der Waals surface area contributed by atoms with Gasteiger partial charge in [-0.1, -0.05) is 12.1 Å². The van der Waals surface area contributed by atoms with Crippen molar-refractivity contribution in [3.63, 3.8) is 0 Å². The van der Waals surface area contributed by atoms with Crippen LogP contribution in [0.2, 0.25) is 0 Å². The number of hydrogen-bond acceptors (Lipinski definition) is 4. The maximum atomic E-state index is 10.2. The first kappa shape index (κ1) is 14.3. The summed E-state index contributed by atoms with van der Waals surface area (Å²) < 4.78 is 10.8. The molecule has 19 heavy (non-hydrogen) atoms. The van der Waals surface area contributed by atoms with Gasteiger partial charge in [0, 0.05) is 19.7 Å². The molecule has 0 bridgehead atoms. The molecule has 0 spiro atoms. The third-order valence-corrected chi connectivity index (χ3v) is 3.50. The SMILES string of the molecule is COc1cccc(C(O)CN(C)CC2CCCO2)c1. The lowest BCUT2D eigenvalue weighted by Crippen LogP contribution is -2.32.